The van der Waals surface area contributed by atoms with Crippen LogP contribution in [-0.2, 0) is 4.74 Å². The van der Waals surface area contributed by atoms with Crippen molar-refractivity contribution in [3.05, 3.63) is 41.0 Å². The zero-order valence-electron chi connectivity index (χ0n) is 14.9. The zero-order valence-corrected chi connectivity index (χ0v) is 15.7. The number of piperazine rings is 1. The van der Waals surface area contributed by atoms with E-state index in [2.05, 4.69) is 20.2 Å². The number of nitrogens with zero attached hydrogens (tertiary/aromatic N) is 4. The molecule has 138 valence electrons. The van der Waals surface area contributed by atoms with Gasteiger partial charge in [0, 0.05) is 43.1 Å². The molecule has 1 aliphatic heterocycles. The van der Waals surface area contributed by atoms with Crippen LogP contribution >= 0.6 is 11.6 Å². The lowest BCUT2D eigenvalue weighted by Crippen LogP contribution is -2.49. The molecule has 1 fully saturated rings. The first-order valence-electron chi connectivity index (χ1n) is 8.59. The van der Waals surface area contributed by atoms with Gasteiger partial charge in [0.1, 0.15) is 5.82 Å². The smallest absolute Gasteiger partial charge is 0.409 e. The summed E-state index contributed by atoms with van der Waals surface area (Å²) in [4.78, 5) is 24.5. The number of halogens is 1. The lowest BCUT2D eigenvalue weighted by Gasteiger charge is -2.34. The second kappa shape index (κ2) is 8.23. The molecule has 7 nitrogen and oxygen atoms in total. The van der Waals surface area contributed by atoms with Gasteiger partial charge < -0.3 is 19.9 Å². The third-order valence-electron chi connectivity index (χ3n) is 4.19. The molecule has 3 rings (SSSR count). The van der Waals surface area contributed by atoms with Gasteiger partial charge in [0.2, 0.25) is 5.95 Å². The van der Waals surface area contributed by atoms with E-state index in [9.17, 15) is 4.79 Å². The van der Waals surface area contributed by atoms with Crippen molar-refractivity contribution < 1.29 is 9.53 Å². The summed E-state index contributed by atoms with van der Waals surface area (Å²) in [5.41, 5.74) is 1.99. The number of benzene rings is 1. The molecule has 2 aromatic rings. The van der Waals surface area contributed by atoms with Crippen LogP contribution in [0.1, 0.15) is 12.5 Å². The van der Waals surface area contributed by atoms with Crippen LogP contribution in [0.25, 0.3) is 0 Å². The summed E-state index contributed by atoms with van der Waals surface area (Å²) in [5.74, 6) is 1.34. The number of amides is 1. The van der Waals surface area contributed by atoms with Crippen LogP contribution in [0.15, 0.2) is 30.5 Å². The van der Waals surface area contributed by atoms with Crippen molar-refractivity contribution in [2.45, 2.75) is 13.8 Å². The molecule has 0 atom stereocenters. The van der Waals surface area contributed by atoms with Crippen molar-refractivity contribution in [2.24, 2.45) is 0 Å². The number of carbonyl (C=O) groups is 1. The van der Waals surface area contributed by atoms with Gasteiger partial charge in [-0.05, 0) is 37.6 Å². The van der Waals surface area contributed by atoms with E-state index in [0.29, 0.717) is 49.6 Å². The van der Waals surface area contributed by atoms with Crippen LogP contribution in [-0.4, -0.2) is 53.7 Å². The van der Waals surface area contributed by atoms with Gasteiger partial charge in [-0.1, -0.05) is 17.7 Å². The molecule has 0 saturated carbocycles. The van der Waals surface area contributed by atoms with Crippen molar-refractivity contribution in [3.8, 4) is 0 Å². The van der Waals surface area contributed by atoms with Crippen LogP contribution in [0.4, 0.5) is 22.2 Å². The summed E-state index contributed by atoms with van der Waals surface area (Å²) < 4.78 is 5.05. The zero-order chi connectivity index (χ0) is 18.5. The molecule has 0 bridgehead atoms. The summed E-state index contributed by atoms with van der Waals surface area (Å²) in [6.45, 7) is 6.72. The minimum absolute atomic E-state index is 0.264. The van der Waals surface area contributed by atoms with E-state index in [0.717, 1.165) is 11.3 Å². The Balaban J connectivity index is 1.66. The van der Waals surface area contributed by atoms with Gasteiger partial charge in [-0.15, -0.1) is 0 Å². The molecule has 2 heterocycles. The normalized spacial score (nSPS) is 14.3. The molecule has 1 saturated heterocycles. The Labute approximate surface area is 157 Å². The van der Waals surface area contributed by atoms with Crippen molar-refractivity contribution in [2.75, 3.05) is 43.0 Å². The molecule has 1 aromatic carbocycles. The van der Waals surface area contributed by atoms with Crippen LogP contribution in [0, 0.1) is 6.92 Å². The van der Waals surface area contributed by atoms with E-state index in [1.807, 2.05) is 38.1 Å². The van der Waals surface area contributed by atoms with Crippen LogP contribution in [0.2, 0.25) is 5.02 Å². The van der Waals surface area contributed by atoms with Crippen molar-refractivity contribution in [1.82, 2.24) is 14.9 Å². The highest BCUT2D eigenvalue weighted by Gasteiger charge is 2.23. The molecule has 1 N–H and O–H groups in total. The fraction of sp³-hybridized carbons (Fsp3) is 0.389. The highest BCUT2D eigenvalue weighted by Crippen LogP contribution is 2.24. The quantitative estimate of drug-likeness (QED) is 0.882. The number of carbonyl (C=O) groups excluding carboxylic acids is 1. The topological polar surface area (TPSA) is 70.6 Å². The molecule has 0 radical (unpaired) electrons. The van der Waals surface area contributed by atoms with Gasteiger partial charge in [-0.25, -0.2) is 9.78 Å². The molecule has 1 amide bonds. The highest BCUT2D eigenvalue weighted by atomic mass is 35.5. The van der Waals surface area contributed by atoms with Gasteiger partial charge >= 0.3 is 6.09 Å². The monoisotopic (exact) mass is 375 g/mol. The Morgan fingerprint density at radius 1 is 1.27 bits per heavy atom. The minimum Gasteiger partial charge on any atom is -0.450 e. The summed E-state index contributed by atoms with van der Waals surface area (Å²) in [5, 5.41) is 3.96. The van der Waals surface area contributed by atoms with E-state index in [-0.39, 0.29) is 6.09 Å². The molecule has 1 aromatic heterocycles. The maximum absolute atomic E-state index is 11.8. The second-order valence-corrected chi connectivity index (χ2v) is 6.44. The summed E-state index contributed by atoms with van der Waals surface area (Å²) in [7, 11) is 0. The van der Waals surface area contributed by atoms with Gasteiger partial charge in [0.25, 0.3) is 0 Å². The van der Waals surface area contributed by atoms with Gasteiger partial charge in [0.15, 0.2) is 0 Å². The van der Waals surface area contributed by atoms with Crippen molar-refractivity contribution in [1.29, 1.82) is 0 Å². The molecule has 0 unspecified atom stereocenters. The molecular weight excluding hydrogens is 354 g/mol. The predicted molar refractivity (Wildman–Crippen MR) is 102 cm³/mol. The number of aryl methyl sites for hydroxylation is 1. The van der Waals surface area contributed by atoms with Crippen LogP contribution in [0.3, 0.4) is 0 Å². The summed E-state index contributed by atoms with van der Waals surface area (Å²) in [6, 6.07) is 7.51. The number of aromatic nitrogens is 2. The summed E-state index contributed by atoms with van der Waals surface area (Å²) in [6.07, 6.45) is 1.46. The fourth-order valence-electron chi connectivity index (χ4n) is 2.74. The Hall–Kier alpha value is -2.54. The Bertz CT molecular complexity index is 778. The number of rotatable bonds is 4. The van der Waals surface area contributed by atoms with Crippen LogP contribution in [0.5, 0.6) is 0 Å². The van der Waals surface area contributed by atoms with E-state index >= 15 is 0 Å². The Morgan fingerprint density at radius 2 is 2.04 bits per heavy atom. The van der Waals surface area contributed by atoms with Crippen LogP contribution < -0.4 is 10.2 Å². The standard InChI is InChI=1S/C18H22ClN5O2/c1-3-26-18(25)24-10-8-23(9-11-24)17-20-7-6-16(22-17)21-15-12-14(19)5-4-13(15)2/h4-7,12H,3,8-11H2,1-2H3,(H,20,21,22). The maximum atomic E-state index is 11.8. The number of ether oxygens (including phenoxy) is 1. The molecule has 8 heteroatoms. The number of anilines is 3. The lowest BCUT2D eigenvalue weighted by atomic mass is 10.2. The number of hydrogen-bond acceptors (Lipinski definition) is 6. The first kappa shape index (κ1) is 18.3. The van der Waals surface area contributed by atoms with E-state index < -0.39 is 0 Å². The third-order valence-corrected chi connectivity index (χ3v) is 4.43. The Morgan fingerprint density at radius 3 is 2.77 bits per heavy atom. The number of hydrogen-bond donors (Lipinski definition) is 1. The largest absolute Gasteiger partial charge is 0.450 e. The first-order chi connectivity index (χ1) is 12.6. The molecule has 0 spiro atoms. The van der Waals surface area contributed by atoms with Gasteiger partial charge in [0.05, 0.1) is 6.61 Å². The maximum Gasteiger partial charge on any atom is 0.409 e. The Kier molecular flexibility index (Phi) is 5.78. The number of nitrogens with one attached hydrogen (secondary N) is 1. The SMILES string of the molecule is CCOC(=O)N1CCN(c2nccc(Nc3cc(Cl)ccc3C)n2)CC1. The summed E-state index contributed by atoms with van der Waals surface area (Å²) >= 11 is 6.07. The van der Waals surface area contributed by atoms with E-state index in [1.165, 1.54) is 0 Å². The molecule has 0 aliphatic carbocycles. The van der Waals surface area contributed by atoms with Crippen molar-refractivity contribution in [3.63, 3.8) is 0 Å². The highest BCUT2D eigenvalue weighted by molar-refractivity contribution is 6.30. The first-order valence-corrected chi connectivity index (χ1v) is 8.97. The minimum atomic E-state index is -0.264. The average Bonchev–Trinajstić information content (AvgIpc) is 2.65. The third kappa shape index (κ3) is 4.35. The average molecular weight is 376 g/mol. The second-order valence-electron chi connectivity index (χ2n) is 6.00. The molecule has 1 aliphatic rings. The molecular formula is C18H22ClN5O2. The fourth-order valence-corrected chi connectivity index (χ4v) is 2.91. The van der Waals surface area contributed by atoms with E-state index in [4.69, 9.17) is 16.3 Å². The van der Waals surface area contributed by atoms with E-state index in [1.54, 1.807) is 11.1 Å². The van der Waals surface area contributed by atoms with Gasteiger partial charge in [-0.3, -0.25) is 0 Å². The molecule has 26 heavy (non-hydrogen) atoms. The van der Waals surface area contributed by atoms with Gasteiger partial charge in [-0.2, -0.15) is 4.98 Å². The van der Waals surface area contributed by atoms with Crippen molar-refractivity contribution >= 4 is 35.1 Å². The lowest BCUT2D eigenvalue weighted by molar-refractivity contribution is 0.105. The predicted octanol–water partition coefficient (Wildman–Crippen LogP) is 3.46.